The lowest BCUT2D eigenvalue weighted by Crippen LogP contribution is -2.20. The number of thiophene rings is 1. The van der Waals surface area contributed by atoms with Gasteiger partial charge in [-0.05, 0) is 44.1 Å². The van der Waals surface area contributed by atoms with Crippen molar-refractivity contribution in [1.29, 1.82) is 0 Å². The highest BCUT2D eigenvalue weighted by atomic mass is 32.2. The summed E-state index contributed by atoms with van der Waals surface area (Å²) in [6.45, 7) is 6.32. The van der Waals surface area contributed by atoms with E-state index in [0.717, 1.165) is 29.5 Å². The zero-order chi connectivity index (χ0) is 17.3. The maximum absolute atomic E-state index is 12.6. The van der Waals surface area contributed by atoms with Crippen molar-refractivity contribution in [3.8, 4) is 0 Å². The van der Waals surface area contributed by atoms with Crippen LogP contribution < -0.4 is 5.56 Å². The molecule has 0 saturated carbocycles. The molecule has 0 spiro atoms. The molecule has 7 heteroatoms. The van der Waals surface area contributed by atoms with Gasteiger partial charge in [0.1, 0.15) is 10.1 Å². The molecule has 0 radical (unpaired) electrons. The highest BCUT2D eigenvalue weighted by molar-refractivity contribution is 8.00. The van der Waals surface area contributed by atoms with Crippen molar-refractivity contribution in [1.82, 2.24) is 9.97 Å². The Morgan fingerprint density at radius 2 is 2.29 bits per heavy atom. The Kier molecular flexibility index (Phi) is 5.30. The van der Waals surface area contributed by atoms with Crippen molar-refractivity contribution >= 4 is 39.3 Å². The third-order valence-electron chi connectivity index (χ3n) is 4.32. The fourth-order valence-electron chi connectivity index (χ4n) is 3.05. The minimum absolute atomic E-state index is 0.0896. The predicted molar refractivity (Wildman–Crippen MR) is 98.0 cm³/mol. The molecule has 1 aliphatic carbocycles. The van der Waals surface area contributed by atoms with Gasteiger partial charge in [0, 0.05) is 4.88 Å². The maximum Gasteiger partial charge on any atom is 0.319 e. The van der Waals surface area contributed by atoms with Crippen molar-refractivity contribution in [3.05, 3.63) is 20.8 Å². The van der Waals surface area contributed by atoms with Crippen LogP contribution in [0.5, 0.6) is 0 Å². The van der Waals surface area contributed by atoms with Gasteiger partial charge < -0.3 is 9.72 Å². The molecule has 1 N–H and O–H groups in total. The van der Waals surface area contributed by atoms with Crippen LogP contribution in [-0.2, 0) is 22.4 Å². The van der Waals surface area contributed by atoms with Gasteiger partial charge in [-0.2, -0.15) is 0 Å². The van der Waals surface area contributed by atoms with E-state index in [4.69, 9.17) is 4.74 Å². The molecule has 2 aromatic heterocycles. The SMILES string of the molecule is CCOC(=O)[C@H](CC)Sc1nc2sc3c(c2c(=O)[nH]1)CC[C@@H](C)C3. The van der Waals surface area contributed by atoms with E-state index in [-0.39, 0.29) is 16.8 Å². The number of aryl methyl sites for hydroxylation is 1. The van der Waals surface area contributed by atoms with Crippen molar-refractivity contribution in [2.75, 3.05) is 6.61 Å². The zero-order valence-corrected chi connectivity index (χ0v) is 15.8. The van der Waals surface area contributed by atoms with Crippen LogP contribution in [0.3, 0.4) is 0 Å². The summed E-state index contributed by atoms with van der Waals surface area (Å²) >= 11 is 2.90. The topological polar surface area (TPSA) is 72.0 Å². The number of ether oxygens (including phenoxy) is 1. The fourth-order valence-corrected chi connectivity index (χ4v) is 5.39. The van der Waals surface area contributed by atoms with Crippen LogP contribution in [-0.4, -0.2) is 27.8 Å². The summed E-state index contributed by atoms with van der Waals surface area (Å²) in [6, 6.07) is 0. The molecule has 5 nitrogen and oxygen atoms in total. The number of nitrogens with zero attached hydrogens (tertiary/aromatic N) is 1. The molecular weight excluding hydrogens is 344 g/mol. The second-order valence-electron chi connectivity index (χ2n) is 6.17. The van der Waals surface area contributed by atoms with E-state index < -0.39 is 0 Å². The molecule has 0 amide bonds. The smallest absolute Gasteiger partial charge is 0.319 e. The number of H-pyrrole nitrogens is 1. The van der Waals surface area contributed by atoms with Gasteiger partial charge >= 0.3 is 5.97 Å². The van der Waals surface area contributed by atoms with Crippen LogP contribution in [0.4, 0.5) is 0 Å². The van der Waals surface area contributed by atoms with Gasteiger partial charge in [-0.1, -0.05) is 25.6 Å². The van der Waals surface area contributed by atoms with Gasteiger partial charge in [-0.25, -0.2) is 4.98 Å². The van der Waals surface area contributed by atoms with E-state index in [1.54, 1.807) is 18.3 Å². The molecule has 3 rings (SSSR count). The number of aromatic nitrogens is 2. The van der Waals surface area contributed by atoms with Crippen molar-refractivity contribution in [2.24, 2.45) is 5.92 Å². The van der Waals surface area contributed by atoms with Crippen molar-refractivity contribution < 1.29 is 9.53 Å². The largest absolute Gasteiger partial charge is 0.465 e. The molecular formula is C17H22N2O3S2. The first-order chi connectivity index (χ1) is 11.5. The highest BCUT2D eigenvalue weighted by Gasteiger charge is 2.25. The molecule has 0 bridgehead atoms. The maximum atomic E-state index is 12.6. The van der Waals surface area contributed by atoms with E-state index in [0.29, 0.717) is 24.1 Å². The summed E-state index contributed by atoms with van der Waals surface area (Å²) < 4.78 is 5.09. The van der Waals surface area contributed by atoms with Crippen LogP contribution in [0.15, 0.2) is 9.95 Å². The minimum Gasteiger partial charge on any atom is -0.465 e. The lowest BCUT2D eigenvalue weighted by Gasteiger charge is -2.17. The molecule has 0 aliphatic heterocycles. The van der Waals surface area contributed by atoms with Crippen LogP contribution in [0.2, 0.25) is 0 Å². The molecule has 0 fully saturated rings. The van der Waals surface area contributed by atoms with Gasteiger partial charge in [-0.15, -0.1) is 11.3 Å². The van der Waals surface area contributed by atoms with Gasteiger partial charge in [0.2, 0.25) is 0 Å². The summed E-state index contributed by atoms with van der Waals surface area (Å²) in [5.74, 6) is 0.402. The van der Waals surface area contributed by atoms with Gasteiger partial charge in [0.25, 0.3) is 5.56 Å². The first-order valence-electron chi connectivity index (χ1n) is 8.41. The van der Waals surface area contributed by atoms with Gasteiger partial charge in [0.05, 0.1) is 12.0 Å². The number of hydrogen-bond acceptors (Lipinski definition) is 6. The summed E-state index contributed by atoms with van der Waals surface area (Å²) in [7, 11) is 0. The van der Waals surface area contributed by atoms with Crippen LogP contribution in [0, 0.1) is 5.92 Å². The standard InChI is InChI=1S/C17H22N2O3S2/c1-4-11(16(21)22-5-2)24-17-18-14(20)13-10-7-6-9(3)8-12(10)23-15(13)19-17/h9,11H,4-8H2,1-3H3,(H,18,19,20)/t9-,11+/m1/s1. The normalized spacial score (nSPS) is 18.4. The predicted octanol–water partition coefficient (Wildman–Crippen LogP) is 3.54. The Hall–Kier alpha value is -1.34. The molecule has 24 heavy (non-hydrogen) atoms. The first kappa shape index (κ1) is 17.5. The second kappa shape index (κ2) is 7.27. The number of thioether (sulfide) groups is 1. The Morgan fingerprint density at radius 1 is 1.50 bits per heavy atom. The average Bonchev–Trinajstić information content (AvgIpc) is 2.90. The molecule has 130 valence electrons. The number of fused-ring (bicyclic) bond motifs is 3. The first-order valence-corrected chi connectivity index (χ1v) is 10.1. The Labute approximate surface area is 149 Å². The second-order valence-corrected chi connectivity index (χ2v) is 8.44. The van der Waals surface area contributed by atoms with Crippen molar-refractivity contribution in [3.63, 3.8) is 0 Å². The highest BCUT2D eigenvalue weighted by Crippen LogP contribution is 2.36. The summed E-state index contributed by atoms with van der Waals surface area (Å²) in [4.78, 5) is 34.1. The summed E-state index contributed by atoms with van der Waals surface area (Å²) in [6.07, 6.45) is 3.73. The lowest BCUT2D eigenvalue weighted by molar-refractivity contribution is -0.142. The monoisotopic (exact) mass is 366 g/mol. The number of nitrogens with one attached hydrogen (secondary N) is 1. The fraction of sp³-hybridized carbons (Fsp3) is 0.588. The molecule has 2 heterocycles. The van der Waals surface area contributed by atoms with Crippen LogP contribution >= 0.6 is 23.1 Å². The third kappa shape index (κ3) is 3.37. The number of rotatable bonds is 5. The van der Waals surface area contributed by atoms with E-state index in [2.05, 4.69) is 16.9 Å². The van der Waals surface area contributed by atoms with Gasteiger partial charge in [-0.3, -0.25) is 9.59 Å². The molecule has 0 saturated heterocycles. The number of carbonyl (C=O) groups is 1. The van der Waals surface area contributed by atoms with Crippen LogP contribution in [0.25, 0.3) is 10.2 Å². The quantitative estimate of drug-likeness (QED) is 0.498. The number of esters is 1. The summed E-state index contributed by atoms with van der Waals surface area (Å²) in [5.41, 5.74) is 1.09. The van der Waals surface area contributed by atoms with E-state index in [1.165, 1.54) is 22.2 Å². The minimum atomic E-state index is -0.347. The zero-order valence-electron chi connectivity index (χ0n) is 14.2. The average molecular weight is 367 g/mol. The Balaban J connectivity index is 1.93. The molecule has 1 aliphatic rings. The molecule has 2 aromatic rings. The molecule has 0 unspecified atom stereocenters. The Bertz CT molecular complexity index is 812. The Morgan fingerprint density at radius 3 is 3.00 bits per heavy atom. The number of aromatic amines is 1. The van der Waals surface area contributed by atoms with Gasteiger partial charge in [0.15, 0.2) is 5.16 Å². The summed E-state index contributed by atoms with van der Waals surface area (Å²) in [5, 5.41) is 0.898. The van der Waals surface area contributed by atoms with E-state index >= 15 is 0 Å². The molecule has 0 aromatic carbocycles. The third-order valence-corrected chi connectivity index (χ3v) is 6.69. The molecule has 2 atom stereocenters. The van der Waals surface area contributed by atoms with E-state index in [1.807, 2.05) is 6.92 Å². The lowest BCUT2D eigenvalue weighted by atomic mass is 9.89. The van der Waals surface area contributed by atoms with Crippen molar-refractivity contribution in [2.45, 2.75) is 56.9 Å². The number of hydrogen-bond donors (Lipinski definition) is 1. The number of carbonyl (C=O) groups excluding carboxylic acids is 1. The van der Waals surface area contributed by atoms with E-state index in [9.17, 15) is 9.59 Å². The van der Waals surface area contributed by atoms with Crippen LogP contribution in [0.1, 0.15) is 44.1 Å².